The Bertz CT molecular complexity index is 1040. The van der Waals surface area contributed by atoms with Crippen LogP contribution in [0.15, 0.2) is 72.6 Å². The highest BCUT2D eigenvalue weighted by Crippen LogP contribution is 2.39. The van der Waals surface area contributed by atoms with E-state index in [-0.39, 0.29) is 17.3 Å². The van der Waals surface area contributed by atoms with E-state index in [1.807, 2.05) is 36.4 Å². The van der Waals surface area contributed by atoms with Gasteiger partial charge in [-0.15, -0.1) is 6.58 Å². The number of aryl methyl sites for hydroxylation is 1. The number of hydrogen-bond acceptors (Lipinski definition) is 1. The maximum Gasteiger partial charge on any atom is 0.166 e. The fourth-order valence-electron chi connectivity index (χ4n) is 4.99. The molecule has 0 bridgehead atoms. The first-order valence-electron chi connectivity index (χ1n) is 11.8. The minimum absolute atomic E-state index is 0.0688. The average Bonchev–Trinajstić information content (AvgIpc) is 2.85. The number of ether oxygens (including phenoxy) is 1. The van der Waals surface area contributed by atoms with Gasteiger partial charge in [0.25, 0.3) is 0 Å². The fraction of sp³-hybridized carbons (Fsp3) is 0.379. The molecule has 33 heavy (non-hydrogen) atoms. The molecule has 1 nitrogen and oxygen atoms in total. The van der Waals surface area contributed by atoms with Crippen LogP contribution in [0.1, 0.15) is 55.6 Å². The fourth-order valence-corrected chi connectivity index (χ4v) is 4.99. The minimum atomic E-state index is -0.772. The molecule has 0 saturated heterocycles. The van der Waals surface area contributed by atoms with Gasteiger partial charge >= 0.3 is 0 Å². The van der Waals surface area contributed by atoms with Crippen molar-refractivity contribution in [2.24, 2.45) is 5.92 Å². The summed E-state index contributed by atoms with van der Waals surface area (Å²) in [5.74, 6) is -1.17. The standard InChI is InChI=1S/C29H31F3O/c1-3-19-6-11-22(12-7-19)24-15-16-25(29(32)28(24)31)23-13-8-20(9-14-23)4-5-21-10-17-27(33-2)26(30)18-21/h3,8-10,13-16,18-19,22,27H,1,4-7,11-12,17H2,2H3. The van der Waals surface area contributed by atoms with Crippen molar-refractivity contribution in [1.29, 1.82) is 0 Å². The van der Waals surface area contributed by atoms with Crippen LogP contribution in [-0.2, 0) is 11.2 Å². The molecule has 0 aliphatic heterocycles. The zero-order chi connectivity index (χ0) is 23.4. The molecule has 0 N–H and O–H groups in total. The predicted octanol–water partition coefficient (Wildman–Crippen LogP) is 8.22. The Kier molecular flexibility index (Phi) is 7.54. The molecule has 2 aliphatic rings. The van der Waals surface area contributed by atoms with Crippen molar-refractivity contribution in [2.75, 3.05) is 7.11 Å². The SMILES string of the molecule is C=CC1CCC(c2ccc(-c3ccc(CCC4=CCC(OC)C(F)=C4)cc3)c(F)c2F)CC1. The first-order chi connectivity index (χ1) is 16.0. The van der Waals surface area contributed by atoms with Crippen LogP contribution < -0.4 is 0 Å². The van der Waals surface area contributed by atoms with Crippen molar-refractivity contribution < 1.29 is 17.9 Å². The zero-order valence-corrected chi connectivity index (χ0v) is 19.1. The zero-order valence-electron chi connectivity index (χ0n) is 19.1. The Labute approximate surface area is 194 Å². The van der Waals surface area contributed by atoms with Gasteiger partial charge in [0.2, 0.25) is 0 Å². The van der Waals surface area contributed by atoms with E-state index < -0.39 is 17.7 Å². The number of allylic oxidation sites excluding steroid dienone is 3. The summed E-state index contributed by atoms with van der Waals surface area (Å²) < 4.78 is 49.0. The molecule has 1 saturated carbocycles. The summed E-state index contributed by atoms with van der Waals surface area (Å²) in [5.41, 5.74) is 3.46. The molecule has 0 amide bonds. The second-order valence-corrected chi connectivity index (χ2v) is 9.14. The monoisotopic (exact) mass is 452 g/mol. The van der Waals surface area contributed by atoms with Gasteiger partial charge in [0.05, 0.1) is 0 Å². The van der Waals surface area contributed by atoms with Gasteiger partial charge in [0, 0.05) is 12.7 Å². The van der Waals surface area contributed by atoms with Crippen LogP contribution in [-0.4, -0.2) is 13.2 Å². The number of rotatable bonds is 7. The van der Waals surface area contributed by atoms with E-state index >= 15 is 0 Å². The highest BCUT2D eigenvalue weighted by atomic mass is 19.2. The normalized spacial score (nSPS) is 23.1. The van der Waals surface area contributed by atoms with E-state index in [4.69, 9.17) is 4.74 Å². The summed E-state index contributed by atoms with van der Waals surface area (Å²) >= 11 is 0. The summed E-state index contributed by atoms with van der Waals surface area (Å²) in [4.78, 5) is 0. The molecule has 2 aliphatic carbocycles. The van der Waals surface area contributed by atoms with E-state index in [9.17, 15) is 13.2 Å². The molecule has 0 heterocycles. The highest BCUT2D eigenvalue weighted by Gasteiger charge is 2.25. The molecule has 0 aromatic heterocycles. The lowest BCUT2D eigenvalue weighted by Gasteiger charge is -2.27. The van der Waals surface area contributed by atoms with Gasteiger partial charge in [-0.2, -0.15) is 0 Å². The summed E-state index contributed by atoms with van der Waals surface area (Å²) in [6.45, 7) is 3.85. The molecule has 1 unspecified atom stereocenters. The number of benzene rings is 2. The molecule has 1 atom stereocenters. The second kappa shape index (κ2) is 10.6. The first-order valence-corrected chi connectivity index (χ1v) is 11.8. The van der Waals surface area contributed by atoms with Crippen LogP contribution in [0.3, 0.4) is 0 Å². The van der Waals surface area contributed by atoms with Gasteiger partial charge < -0.3 is 4.74 Å². The van der Waals surface area contributed by atoms with Crippen molar-refractivity contribution in [2.45, 2.75) is 57.0 Å². The topological polar surface area (TPSA) is 9.23 Å². The lowest BCUT2D eigenvalue weighted by Crippen LogP contribution is -2.13. The van der Waals surface area contributed by atoms with Gasteiger partial charge in [0.1, 0.15) is 11.9 Å². The predicted molar refractivity (Wildman–Crippen MR) is 128 cm³/mol. The van der Waals surface area contributed by atoms with Crippen LogP contribution in [0, 0.1) is 17.6 Å². The third kappa shape index (κ3) is 5.33. The molecule has 4 rings (SSSR count). The van der Waals surface area contributed by atoms with Gasteiger partial charge in [-0.3, -0.25) is 0 Å². The second-order valence-electron chi connectivity index (χ2n) is 9.14. The molecule has 4 heteroatoms. The number of methoxy groups -OCH3 is 1. The molecule has 1 fully saturated rings. The van der Waals surface area contributed by atoms with E-state index in [0.29, 0.717) is 23.5 Å². The van der Waals surface area contributed by atoms with Crippen molar-refractivity contribution >= 4 is 0 Å². The van der Waals surface area contributed by atoms with E-state index in [2.05, 4.69) is 6.58 Å². The molecule has 2 aromatic carbocycles. The largest absolute Gasteiger partial charge is 0.374 e. The maximum absolute atomic E-state index is 15.0. The van der Waals surface area contributed by atoms with Gasteiger partial charge in [-0.1, -0.05) is 48.6 Å². The molecular formula is C29H31F3O. The summed E-state index contributed by atoms with van der Waals surface area (Å²) in [6, 6.07) is 11.0. The smallest absolute Gasteiger partial charge is 0.166 e. The molecule has 174 valence electrons. The maximum atomic E-state index is 15.0. The lowest BCUT2D eigenvalue weighted by molar-refractivity contribution is 0.113. The summed E-state index contributed by atoms with van der Waals surface area (Å²) in [7, 11) is 1.51. The summed E-state index contributed by atoms with van der Waals surface area (Å²) in [6.07, 6.45) is 10.7. The van der Waals surface area contributed by atoms with E-state index in [0.717, 1.165) is 49.7 Å². The van der Waals surface area contributed by atoms with Crippen LogP contribution in [0.4, 0.5) is 13.2 Å². The van der Waals surface area contributed by atoms with Gasteiger partial charge in [-0.05, 0) is 85.1 Å². The van der Waals surface area contributed by atoms with E-state index in [1.165, 1.54) is 7.11 Å². The minimum Gasteiger partial charge on any atom is -0.374 e. The van der Waals surface area contributed by atoms with Gasteiger partial charge in [-0.25, -0.2) is 13.2 Å². The summed E-state index contributed by atoms with van der Waals surface area (Å²) in [5, 5.41) is 0. The Hall–Kier alpha value is -2.59. The van der Waals surface area contributed by atoms with Crippen LogP contribution in [0.5, 0.6) is 0 Å². The Morgan fingerprint density at radius 3 is 2.30 bits per heavy atom. The van der Waals surface area contributed by atoms with Crippen molar-refractivity contribution in [1.82, 2.24) is 0 Å². The molecule has 0 radical (unpaired) electrons. The van der Waals surface area contributed by atoms with Crippen molar-refractivity contribution in [3.63, 3.8) is 0 Å². The van der Waals surface area contributed by atoms with Crippen molar-refractivity contribution in [3.8, 4) is 11.1 Å². The molecule has 0 spiro atoms. The quantitative estimate of drug-likeness (QED) is 0.385. The van der Waals surface area contributed by atoms with Crippen LogP contribution in [0.2, 0.25) is 0 Å². The van der Waals surface area contributed by atoms with Crippen LogP contribution in [0.25, 0.3) is 11.1 Å². The lowest BCUT2D eigenvalue weighted by atomic mass is 9.78. The molecule has 2 aromatic rings. The third-order valence-corrected chi connectivity index (χ3v) is 7.13. The first kappa shape index (κ1) is 23.6. The number of hydrogen-bond donors (Lipinski definition) is 0. The van der Waals surface area contributed by atoms with Crippen LogP contribution >= 0.6 is 0 Å². The molecular weight excluding hydrogens is 421 g/mol. The Balaban J connectivity index is 1.42. The van der Waals surface area contributed by atoms with Gasteiger partial charge in [0.15, 0.2) is 11.6 Å². The Morgan fingerprint density at radius 2 is 1.67 bits per heavy atom. The average molecular weight is 453 g/mol. The van der Waals surface area contributed by atoms with E-state index in [1.54, 1.807) is 18.2 Å². The highest BCUT2D eigenvalue weighted by molar-refractivity contribution is 5.65. The Morgan fingerprint density at radius 1 is 0.939 bits per heavy atom. The third-order valence-electron chi connectivity index (χ3n) is 7.13. The number of halogens is 3. The van der Waals surface area contributed by atoms with Crippen molar-refractivity contribution in [3.05, 3.63) is 95.4 Å².